The quantitative estimate of drug-likeness (QED) is 0.690. The molecule has 0 aromatic heterocycles. The van der Waals surface area contributed by atoms with Gasteiger partial charge in [0.2, 0.25) is 0 Å². The Morgan fingerprint density at radius 2 is 1.58 bits per heavy atom. The Labute approximate surface area is 151 Å². The lowest BCUT2D eigenvalue weighted by Gasteiger charge is -2.09. The summed E-state index contributed by atoms with van der Waals surface area (Å²) in [6.07, 6.45) is 0. The van der Waals surface area contributed by atoms with Gasteiger partial charge in [0, 0.05) is 6.54 Å². The highest BCUT2D eigenvalue weighted by Crippen LogP contribution is 2.22. The van der Waals surface area contributed by atoms with Crippen molar-refractivity contribution < 1.29 is 18.7 Å². The molecule has 132 valence electrons. The summed E-state index contributed by atoms with van der Waals surface area (Å²) in [5.74, 6) is 1.29. The summed E-state index contributed by atoms with van der Waals surface area (Å²) in [7, 11) is 0. The summed E-state index contributed by atoms with van der Waals surface area (Å²) >= 11 is 0. The van der Waals surface area contributed by atoms with Gasteiger partial charge in [0.05, 0.1) is 0 Å². The van der Waals surface area contributed by atoms with E-state index in [4.69, 9.17) is 9.47 Å². The standard InChI is InChI=1S/C21H18FNO3/c22-17-9-11-19(12-10-17)26-20-8-4-5-16(13-20)14-23-21(24)15-25-18-6-2-1-3-7-18/h1-13H,14-15H2,(H,23,24). The second kappa shape index (κ2) is 8.67. The van der Waals surface area contributed by atoms with E-state index < -0.39 is 0 Å². The van der Waals surface area contributed by atoms with Gasteiger partial charge in [-0.1, -0.05) is 30.3 Å². The van der Waals surface area contributed by atoms with Crippen LogP contribution < -0.4 is 14.8 Å². The van der Waals surface area contributed by atoms with Gasteiger partial charge in [0.25, 0.3) is 5.91 Å². The largest absolute Gasteiger partial charge is 0.484 e. The van der Waals surface area contributed by atoms with E-state index in [0.29, 0.717) is 23.8 Å². The van der Waals surface area contributed by atoms with Crippen molar-refractivity contribution in [2.45, 2.75) is 6.54 Å². The predicted molar refractivity (Wildman–Crippen MR) is 96.7 cm³/mol. The van der Waals surface area contributed by atoms with Crippen LogP contribution in [0.4, 0.5) is 4.39 Å². The molecule has 0 atom stereocenters. The first kappa shape index (κ1) is 17.5. The molecule has 0 bridgehead atoms. The van der Waals surface area contributed by atoms with Crippen molar-refractivity contribution in [3.63, 3.8) is 0 Å². The second-order valence-electron chi connectivity index (χ2n) is 5.58. The summed E-state index contributed by atoms with van der Waals surface area (Å²) in [4.78, 5) is 11.9. The molecule has 0 aliphatic heterocycles. The Bertz CT molecular complexity index is 851. The van der Waals surface area contributed by atoms with E-state index in [1.54, 1.807) is 30.3 Å². The molecule has 0 fully saturated rings. The Morgan fingerprint density at radius 1 is 0.846 bits per heavy atom. The highest BCUT2D eigenvalue weighted by Gasteiger charge is 2.04. The maximum atomic E-state index is 12.9. The number of hydrogen-bond acceptors (Lipinski definition) is 3. The normalized spacial score (nSPS) is 10.2. The molecule has 4 nitrogen and oxygen atoms in total. The van der Waals surface area contributed by atoms with Crippen LogP contribution in [0, 0.1) is 5.82 Å². The number of ether oxygens (including phenoxy) is 2. The zero-order valence-electron chi connectivity index (χ0n) is 14.0. The second-order valence-corrected chi connectivity index (χ2v) is 5.58. The third kappa shape index (κ3) is 5.34. The van der Waals surface area contributed by atoms with Crippen LogP contribution in [0.25, 0.3) is 0 Å². The molecule has 0 spiro atoms. The number of carbonyl (C=O) groups is 1. The Balaban J connectivity index is 1.50. The van der Waals surface area contributed by atoms with Crippen LogP contribution in [0.2, 0.25) is 0 Å². The lowest BCUT2D eigenvalue weighted by molar-refractivity contribution is -0.123. The molecule has 3 aromatic rings. The molecule has 1 amide bonds. The summed E-state index contributed by atoms with van der Waals surface area (Å²) in [6, 6.07) is 22.3. The molecule has 0 unspecified atom stereocenters. The smallest absolute Gasteiger partial charge is 0.258 e. The Kier molecular flexibility index (Phi) is 5.83. The number of halogens is 1. The zero-order valence-corrected chi connectivity index (χ0v) is 14.0. The van der Waals surface area contributed by atoms with Crippen LogP contribution in [0.15, 0.2) is 78.9 Å². The van der Waals surface area contributed by atoms with Crippen molar-refractivity contribution in [2.24, 2.45) is 0 Å². The minimum absolute atomic E-state index is 0.0458. The van der Waals surface area contributed by atoms with Gasteiger partial charge < -0.3 is 14.8 Å². The van der Waals surface area contributed by atoms with E-state index in [1.165, 1.54) is 12.1 Å². The third-order valence-electron chi connectivity index (χ3n) is 3.55. The minimum atomic E-state index is -0.313. The number of para-hydroxylation sites is 1. The number of hydrogen-bond donors (Lipinski definition) is 1. The highest BCUT2D eigenvalue weighted by atomic mass is 19.1. The maximum Gasteiger partial charge on any atom is 0.258 e. The van der Waals surface area contributed by atoms with Crippen LogP contribution in [-0.4, -0.2) is 12.5 Å². The molecule has 26 heavy (non-hydrogen) atoms. The third-order valence-corrected chi connectivity index (χ3v) is 3.55. The summed E-state index contributed by atoms with van der Waals surface area (Å²) in [5.41, 5.74) is 0.887. The van der Waals surface area contributed by atoms with Crippen LogP contribution in [0.3, 0.4) is 0 Å². The topological polar surface area (TPSA) is 47.6 Å². The van der Waals surface area contributed by atoms with E-state index in [0.717, 1.165) is 5.56 Å². The predicted octanol–water partition coefficient (Wildman–Crippen LogP) is 4.31. The SMILES string of the molecule is O=C(COc1ccccc1)NCc1cccc(Oc2ccc(F)cc2)c1. The zero-order chi connectivity index (χ0) is 18.2. The molecular formula is C21H18FNO3. The number of carbonyl (C=O) groups excluding carboxylic acids is 1. The van der Waals surface area contributed by atoms with Crippen molar-refractivity contribution in [3.05, 3.63) is 90.2 Å². The van der Waals surface area contributed by atoms with Crippen molar-refractivity contribution >= 4 is 5.91 Å². The fourth-order valence-electron chi connectivity index (χ4n) is 2.27. The molecule has 0 saturated heterocycles. The Hall–Kier alpha value is -3.34. The lowest BCUT2D eigenvalue weighted by Crippen LogP contribution is -2.28. The average Bonchev–Trinajstić information content (AvgIpc) is 2.68. The van der Waals surface area contributed by atoms with Crippen molar-refractivity contribution in [1.29, 1.82) is 0 Å². The molecule has 0 saturated carbocycles. The lowest BCUT2D eigenvalue weighted by atomic mass is 10.2. The molecule has 0 aliphatic rings. The van der Waals surface area contributed by atoms with Gasteiger partial charge in [0.15, 0.2) is 6.61 Å². The molecule has 5 heteroatoms. The van der Waals surface area contributed by atoms with Gasteiger partial charge in [-0.2, -0.15) is 0 Å². The fourth-order valence-corrected chi connectivity index (χ4v) is 2.27. The summed E-state index contributed by atoms with van der Waals surface area (Å²) in [6.45, 7) is 0.313. The van der Waals surface area contributed by atoms with E-state index in [1.807, 2.05) is 36.4 Å². The molecule has 0 radical (unpaired) electrons. The summed E-state index contributed by atoms with van der Waals surface area (Å²) < 4.78 is 24.0. The van der Waals surface area contributed by atoms with Gasteiger partial charge in [-0.15, -0.1) is 0 Å². The average molecular weight is 351 g/mol. The molecular weight excluding hydrogens is 333 g/mol. The van der Waals surface area contributed by atoms with E-state index in [9.17, 15) is 9.18 Å². The van der Waals surface area contributed by atoms with E-state index >= 15 is 0 Å². The molecule has 0 aliphatic carbocycles. The Morgan fingerprint density at radius 3 is 2.35 bits per heavy atom. The van der Waals surface area contributed by atoms with Crippen molar-refractivity contribution in [1.82, 2.24) is 5.32 Å². The van der Waals surface area contributed by atoms with Gasteiger partial charge >= 0.3 is 0 Å². The fraction of sp³-hybridized carbons (Fsp3) is 0.0952. The number of rotatable bonds is 7. The first-order valence-electron chi connectivity index (χ1n) is 8.16. The van der Waals surface area contributed by atoms with Crippen LogP contribution in [-0.2, 0) is 11.3 Å². The summed E-state index contributed by atoms with van der Waals surface area (Å²) in [5, 5.41) is 2.80. The highest BCUT2D eigenvalue weighted by molar-refractivity contribution is 5.77. The molecule has 3 rings (SSSR count). The van der Waals surface area contributed by atoms with Gasteiger partial charge in [-0.3, -0.25) is 4.79 Å². The van der Waals surface area contributed by atoms with Crippen molar-refractivity contribution in [2.75, 3.05) is 6.61 Å². The number of amides is 1. The first-order valence-corrected chi connectivity index (χ1v) is 8.16. The van der Waals surface area contributed by atoms with E-state index in [-0.39, 0.29) is 18.3 Å². The van der Waals surface area contributed by atoms with Crippen LogP contribution >= 0.6 is 0 Å². The molecule has 0 heterocycles. The number of nitrogens with one attached hydrogen (secondary N) is 1. The van der Waals surface area contributed by atoms with Crippen LogP contribution in [0.1, 0.15) is 5.56 Å². The van der Waals surface area contributed by atoms with Gasteiger partial charge in [-0.05, 0) is 54.1 Å². The maximum absolute atomic E-state index is 12.9. The van der Waals surface area contributed by atoms with Crippen molar-refractivity contribution in [3.8, 4) is 17.2 Å². The van der Waals surface area contributed by atoms with E-state index in [2.05, 4.69) is 5.32 Å². The molecule has 1 N–H and O–H groups in total. The van der Waals surface area contributed by atoms with Crippen LogP contribution in [0.5, 0.6) is 17.2 Å². The monoisotopic (exact) mass is 351 g/mol. The first-order chi connectivity index (χ1) is 12.7. The minimum Gasteiger partial charge on any atom is -0.484 e. The van der Waals surface area contributed by atoms with Gasteiger partial charge in [0.1, 0.15) is 23.1 Å². The number of benzene rings is 3. The van der Waals surface area contributed by atoms with Gasteiger partial charge in [-0.25, -0.2) is 4.39 Å². The molecule has 3 aromatic carbocycles.